The van der Waals surface area contributed by atoms with E-state index in [9.17, 15) is 8.78 Å². The van der Waals surface area contributed by atoms with E-state index in [2.05, 4.69) is 4.98 Å². The molecular formula is C14H11F2N3. The van der Waals surface area contributed by atoms with Gasteiger partial charge in [-0.15, -0.1) is 0 Å². The maximum Gasteiger partial charge on any atom is 0.143 e. The Labute approximate surface area is 108 Å². The van der Waals surface area contributed by atoms with E-state index in [1.54, 1.807) is 17.7 Å². The van der Waals surface area contributed by atoms with Crippen LogP contribution < -0.4 is 5.73 Å². The highest BCUT2D eigenvalue weighted by Crippen LogP contribution is 2.28. The van der Waals surface area contributed by atoms with Gasteiger partial charge in [0.25, 0.3) is 0 Å². The van der Waals surface area contributed by atoms with Gasteiger partial charge in [0.15, 0.2) is 0 Å². The lowest BCUT2D eigenvalue weighted by atomic mass is 10.1. The maximum absolute atomic E-state index is 13.3. The van der Waals surface area contributed by atoms with E-state index in [4.69, 9.17) is 5.73 Å². The molecule has 0 atom stereocenters. The number of aromatic nitrogens is 2. The molecule has 0 fully saturated rings. The van der Waals surface area contributed by atoms with Gasteiger partial charge in [0.05, 0.1) is 11.0 Å². The largest absolute Gasteiger partial charge is 0.398 e. The minimum atomic E-state index is -0.387. The van der Waals surface area contributed by atoms with Gasteiger partial charge < -0.3 is 10.3 Å². The molecule has 3 nitrogen and oxygen atoms in total. The smallest absolute Gasteiger partial charge is 0.143 e. The molecule has 0 amide bonds. The van der Waals surface area contributed by atoms with E-state index in [0.717, 1.165) is 0 Å². The first-order valence-corrected chi connectivity index (χ1v) is 5.73. The average Bonchev–Trinajstić information content (AvgIpc) is 2.70. The molecule has 0 radical (unpaired) electrons. The summed E-state index contributed by atoms with van der Waals surface area (Å²) in [7, 11) is 1.74. The second kappa shape index (κ2) is 4.05. The molecule has 0 saturated heterocycles. The summed E-state index contributed by atoms with van der Waals surface area (Å²) in [6, 6.07) is 8.43. The molecular weight excluding hydrogens is 248 g/mol. The van der Waals surface area contributed by atoms with Crippen LogP contribution in [-0.4, -0.2) is 9.55 Å². The second-order valence-electron chi connectivity index (χ2n) is 4.36. The zero-order valence-electron chi connectivity index (χ0n) is 10.2. The van der Waals surface area contributed by atoms with E-state index in [1.165, 1.54) is 30.3 Å². The maximum atomic E-state index is 13.3. The van der Waals surface area contributed by atoms with Gasteiger partial charge in [0.2, 0.25) is 0 Å². The van der Waals surface area contributed by atoms with E-state index < -0.39 is 0 Å². The molecule has 0 aliphatic rings. The summed E-state index contributed by atoms with van der Waals surface area (Å²) in [4.78, 5) is 4.38. The van der Waals surface area contributed by atoms with Crippen molar-refractivity contribution in [2.75, 3.05) is 5.73 Å². The SMILES string of the molecule is Cn1c(-c2cc(F)ccc2N)nc2ccc(F)cc21. The average molecular weight is 259 g/mol. The van der Waals surface area contributed by atoms with Crippen LogP contribution >= 0.6 is 0 Å². The number of imidazole rings is 1. The minimum absolute atomic E-state index is 0.339. The molecule has 0 aliphatic carbocycles. The number of halogens is 2. The number of hydrogen-bond acceptors (Lipinski definition) is 2. The Morgan fingerprint density at radius 1 is 1.05 bits per heavy atom. The van der Waals surface area contributed by atoms with Crippen LogP contribution in [-0.2, 0) is 7.05 Å². The molecule has 0 aliphatic heterocycles. The highest BCUT2D eigenvalue weighted by atomic mass is 19.1. The molecule has 2 aromatic carbocycles. The summed E-state index contributed by atoms with van der Waals surface area (Å²) in [6.07, 6.45) is 0. The molecule has 5 heteroatoms. The van der Waals surface area contributed by atoms with Crippen molar-refractivity contribution in [2.24, 2.45) is 7.05 Å². The fourth-order valence-electron chi connectivity index (χ4n) is 2.13. The van der Waals surface area contributed by atoms with Gasteiger partial charge in [-0.1, -0.05) is 0 Å². The number of hydrogen-bond donors (Lipinski definition) is 1. The zero-order chi connectivity index (χ0) is 13.6. The fourth-order valence-corrected chi connectivity index (χ4v) is 2.13. The summed E-state index contributed by atoms with van der Waals surface area (Å²) in [5.41, 5.74) is 8.06. The lowest BCUT2D eigenvalue weighted by Crippen LogP contribution is -1.97. The lowest BCUT2D eigenvalue weighted by molar-refractivity contribution is 0.627. The topological polar surface area (TPSA) is 43.8 Å². The molecule has 3 rings (SSSR count). The number of nitrogens with zero attached hydrogens (tertiary/aromatic N) is 2. The van der Waals surface area contributed by atoms with Gasteiger partial charge in [0.1, 0.15) is 17.5 Å². The molecule has 1 heterocycles. The first-order valence-electron chi connectivity index (χ1n) is 5.73. The number of benzene rings is 2. The van der Waals surface area contributed by atoms with Gasteiger partial charge in [-0.2, -0.15) is 0 Å². The van der Waals surface area contributed by atoms with Crippen LogP contribution in [0.25, 0.3) is 22.4 Å². The van der Waals surface area contributed by atoms with Crippen LogP contribution in [0.1, 0.15) is 0 Å². The predicted octanol–water partition coefficient (Wildman–Crippen LogP) is 3.10. The van der Waals surface area contributed by atoms with Crippen LogP contribution in [0.2, 0.25) is 0 Å². The summed E-state index contributed by atoms with van der Waals surface area (Å²) in [5, 5.41) is 0. The Kier molecular flexibility index (Phi) is 2.48. The van der Waals surface area contributed by atoms with Crippen molar-refractivity contribution in [3.05, 3.63) is 48.0 Å². The lowest BCUT2D eigenvalue weighted by Gasteiger charge is -2.06. The molecule has 19 heavy (non-hydrogen) atoms. The predicted molar refractivity (Wildman–Crippen MR) is 70.5 cm³/mol. The third-order valence-electron chi connectivity index (χ3n) is 3.10. The number of nitrogen functional groups attached to an aromatic ring is 1. The quantitative estimate of drug-likeness (QED) is 0.682. The molecule has 3 aromatic rings. The zero-order valence-corrected chi connectivity index (χ0v) is 10.2. The third kappa shape index (κ3) is 1.83. The van der Waals surface area contributed by atoms with Crippen LogP contribution in [0, 0.1) is 11.6 Å². The molecule has 1 aromatic heterocycles. The number of anilines is 1. The van der Waals surface area contributed by atoms with E-state index >= 15 is 0 Å². The highest BCUT2D eigenvalue weighted by molar-refractivity contribution is 5.83. The number of fused-ring (bicyclic) bond motifs is 1. The van der Waals surface area contributed by atoms with Crippen LogP contribution in [0.3, 0.4) is 0 Å². The monoisotopic (exact) mass is 259 g/mol. The molecule has 2 N–H and O–H groups in total. The van der Waals surface area contributed by atoms with Gasteiger partial charge in [-0.05, 0) is 36.4 Å². The van der Waals surface area contributed by atoms with Gasteiger partial charge in [-0.25, -0.2) is 13.8 Å². The molecule has 0 unspecified atom stereocenters. The molecule has 0 saturated carbocycles. The number of rotatable bonds is 1. The fraction of sp³-hybridized carbons (Fsp3) is 0.0714. The summed E-state index contributed by atoms with van der Waals surface area (Å²) in [5.74, 6) is -0.214. The van der Waals surface area contributed by atoms with Crippen molar-refractivity contribution >= 4 is 16.7 Å². The third-order valence-corrected chi connectivity index (χ3v) is 3.10. The Morgan fingerprint density at radius 2 is 1.74 bits per heavy atom. The van der Waals surface area contributed by atoms with Crippen LogP contribution in [0.4, 0.5) is 14.5 Å². The highest BCUT2D eigenvalue weighted by Gasteiger charge is 2.13. The minimum Gasteiger partial charge on any atom is -0.398 e. The summed E-state index contributed by atoms with van der Waals surface area (Å²) >= 11 is 0. The first-order chi connectivity index (χ1) is 9.06. The van der Waals surface area contributed by atoms with Crippen molar-refractivity contribution in [1.29, 1.82) is 0 Å². The van der Waals surface area contributed by atoms with Crippen molar-refractivity contribution in [3.63, 3.8) is 0 Å². The Balaban J connectivity index is 2.31. The van der Waals surface area contributed by atoms with Gasteiger partial charge in [-0.3, -0.25) is 0 Å². The van der Waals surface area contributed by atoms with Crippen molar-refractivity contribution in [3.8, 4) is 11.4 Å². The molecule has 96 valence electrons. The van der Waals surface area contributed by atoms with Crippen molar-refractivity contribution in [2.45, 2.75) is 0 Å². The second-order valence-corrected chi connectivity index (χ2v) is 4.36. The first kappa shape index (κ1) is 11.6. The van der Waals surface area contributed by atoms with Crippen molar-refractivity contribution < 1.29 is 8.78 Å². The standard InChI is InChI=1S/C14H11F2N3/c1-19-13-7-9(16)3-5-12(13)18-14(19)10-6-8(15)2-4-11(10)17/h2-7H,17H2,1H3. The Morgan fingerprint density at radius 3 is 2.53 bits per heavy atom. The Bertz CT molecular complexity index is 778. The van der Waals surface area contributed by atoms with Gasteiger partial charge in [0, 0.05) is 18.3 Å². The van der Waals surface area contributed by atoms with Crippen LogP contribution in [0.5, 0.6) is 0 Å². The molecule has 0 bridgehead atoms. The van der Waals surface area contributed by atoms with E-state index in [1.807, 2.05) is 0 Å². The number of aryl methyl sites for hydroxylation is 1. The molecule has 0 spiro atoms. The summed E-state index contributed by atoms with van der Waals surface area (Å²) < 4.78 is 28.3. The normalized spacial score (nSPS) is 11.1. The Hall–Kier alpha value is -2.43. The number of nitrogens with two attached hydrogens (primary N) is 1. The summed E-state index contributed by atoms with van der Waals surface area (Å²) in [6.45, 7) is 0. The van der Waals surface area contributed by atoms with Gasteiger partial charge >= 0.3 is 0 Å². The van der Waals surface area contributed by atoms with Crippen molar-refractivity contribution in [1.82, 2.24) is 9.55 Å². The van der Waals surface area contributed by atoms with Crippen LogP contribution in [0.15, 0.2) is 36.4 Å². The van der Waals surface area contributed by atoms with E-state index in [0.29, 0.717) is 28.1 Å². The van der Waals surface area contributed by atoms with E-state index in [-0.39, 0.29) is 11.6 Å².